The third-order valence-corrected chi connectivity index (χ3v) is 3.00. The van der Waals surface area contributed by atoms with E-state index in [1.54, 1.807) is 25.4 Å². The number of methoxy groups -OCH3 is 1. The van der Waals surface area contributed by atoms with Crippen LogP contribution >= 0.6 is 0 Å². The van der Waals surface area contributed by atoms with E-state index in [9.17, 15) is 4.79 Å². The molecule has 0 saturated carbocycles. The summed E-state index contributed by atoms with van der Waals surface area (Å²) >= 11 is 0. The molecule has 2 aromatic carbocycles. The molecule has 1 amide bonds. The van der Waals surface area contributed by atoms with E-state index in [0.717, 1.165) is 5.56 Å². The van der Waals surface area contributed by atoms with Gasteiger partial charge in [0, 0.05) is 25.2 Å². The summed E-state index contributed by atoms with van der Waals surface area (Å²) in [4.78, 5) is 21.4. The second kappa shape index (κ2) is 15.2. The topological polar surface area (TPSA) is 168 Å². The lowest BCUT2D eigenvalue weighted by Crippen LogP contribution is -2.01. The van der Waals surface area contributed by atoms with Crippen LogP contribution in [0.25, 0.3) is 11.3 Å². The fraction of sp³-hybridized carbons (Fsp3) is 0.150. The van der Waals surface area contributed by atoms with Gasteiger partial charge in [-0.3, -0.25) is 9.59 Å². The van der Waals surface area contributed by atoms with E-state index in [1.807, 2.05) is 36.4 Å². The molecular formula is C20H26N4O5. The van der Waals surface area contributed by atoms with Gasteiger partial charge >= 0.3 is 0 Å². The van der Waals surface area contributed by atoms with E-state index in [-0.39, 0.29) is 12.4 Å². The average Bonchev–Trinajstić information content (AvgIpc) is 3.24. The van der Waals surface area contributed by atoms with Gasteiger partial charge < -0.3 is 31.5 Å². The first kappa shape index (κ1) is 25.1. The molecule has 0 aliphatic rings. The monoisotopic (exact) mass is 402 g/mol. The van der Waals surface area contributed by atoms with Gasteiger partial charge in [0.25, 0.3) is 6.47 Å². The summed E-state index contributed by atoms with van der Waals surface area (Å²) in [7, 11) is 1.59. The van der Waals surface area contributed by atoms with Crippen LogP contribution in [0.2, 0.25) is 0 Å². The summed E-state index contributed by atoms with van der Waals surface area (Å²) in [6, 6.07) is 15.4. The molecule has 3 rings (SSSR count). The first-order valence-corrected chi connectivity index (χ1v) is 8.29. The molecule has 156 valence electrons. The van der Waals surface area contributed by atoms with Crippen molar-refractivity contribution in [3.8, 4) is 17.1 Å². The van der Waals surface area contributed by atoms with Crippen molar-refractivity contribution in [1.82, 2.24) is 4.98 Å². The zero-order chi connectivity index (χ0) is 22.1. The minimum absolute atomic E-state index is 0.250. The van der Waals surface area contributed by atoms with Crippen molar-refractivity contribution in [1.29, 1.82) is 0 Å². The van der Waals surface area contributed by atoms with Crippen LogP contribution < -0.4 is 21.9 Å². The number of aromatic nitrogens is 1. The lowest BCUT2D eigenvalue weighted by Gasteiger charge is -2.05. The average molecular weight is 402 g/mol. The standard InChI is InChI=1S/C10H10N2O2.C7H9N.C2H5NO.CH2O2/c1-13-9-4-7(11)2-3-8(9)10-5-12-6-14-10;8-6-7-4-2-1-3-5-7;1-2(3)4;2-1-3/h2-6H,11H2,1H3;1-5H,6,8H2;1H3,(H2,3,4);1H,(H,2,3). The number of rotatable bonds is 3. The Morgan fingerprint density at radius 2 is 1.83 bits per heavy atom. The van der Waals surface area contributed by atoms with Crippen molar-refractivity contribution >= 4 is 18.1 Å². The maximum Gasteiger partial charge on any atom is 0.290 e. The van der Waals surface area contributed by atoms with Crippen LogP contribution in [0.1, 0.15) is 12.5 Å². The summed E-state index contributed by atoms with van der Waals surface area (Å²) in [5, 5.41) is 6.89. The third-order valence-electron chi connectivity index (χ3n) is 3.00. The van der Waals surface area contributed by atoms with Gasteiger partial charge in [-0.15, -0.1) is 0 Å². The Balaban J connectivity index is 0.000000442. The summed E-state index contributed by atoms with van der Waals surface area (Å²) in [5.74, 6) is 1.02. The zero-order valence-electron chi connectivity index (χ0n) is 16.3. The van der Waals surface area contributed by atoms with Crippen LogP contribution in [0.5, 0.6) is 5.75 Å². The predicted molar refractivity (Wildman–Crippen MR) is 111 cm³/mol. The Bertz CT molecular complexity index is 820. The fourth-order valence-electron chi connectivity index (χ4n) is 1.87. The van der Waals surface area contributed by atoms with Crippen molar-refractivity contribution in [2.75, 3.05) is 12.8 Å². The number of amides is 1. The largest absolute Gasteiger partial charge is 0.496 e. The molecule has 0 aliphatic carbocycles. The van der Waals surface area contributed by atoms with Gasteiger partial charge in [0.05, 0.1) is 18.9 Å². The predicted octanol–water partition coefficient (Wildman–Crippen LogP) is 2.27. The van der Waals surface area contributed by atoms with Gasteiger partial charge in [-0.1, -0.05) is 30.3 Å². The number of hydrogen-bond acceptors (Lipinski definition) is 7. The van der Waals surface area contributed by atoms with Crippen molar-refractivity contribution in [3.05, 3.63) is 66.7 Å². The Morgan fingerprint density at radius 3 is 2.24 bits per heavy atom. The molecule has 0 atom stereocenters. The Kier molecular flexibility index (Phi) is 13.2. The summed E-state index contributed by atoms with van der Waals surface area (Å²) < 4.78 is 10.4. The van der Waals surface area contributed by atoms with Gasteiger partial charge in [0.2, 0.25) is 5.91 Å². The van der Waals surface area contributed by atoms with Crippen molar-refractivity contribution < 1.29 is 23.8 Å². The zero-order valence-corrected chi connectivity index (χ0v) is 16.3. The molecule has 1 heterocycles. The Morgan fingerprint density at radius 1 is 1.24 bits per heavy atom. The number of carbonyl (C=O) groups is 2. The minimum atomic E-state index is -0.333. The molecule has 7 N–H and O–H groups in total. The summed E-state index contributed by atoms with van der Waals surface area (Å²) in [6.07, 6.45) is 3.01. The van der Waals surface area contributed by atoms with E-state index >= 15 is 0 Å². The van der Waals surface area contributed by atoms with E-state index in [4.69, 9.17) is 30.5 Å². The highest BCUT2D eigenvalue weighted by Gasteiger charge is 2.08. The first-order valence-electron chi connectivity index (χ1n) is 8.29. The van der Waals surface area contributed by atoms with E-state index in [2.05, 4.69) is 10.7 Å². The van der Waals surface area contributed by atoms with Gasteiger partial charge in [-0.05, 0) is 17.7 Å². The fourth-order valence-corrected chi connectivity index (χ4v) is 1.87. The maximum absolute atomic E-state index is 9.22. The van der Waals surface area contributed by atoms with Crippen LogP contribution in [-0.4, -0.2) is 29.6 Å². The molecule has 0 bridgehead atoms. The van der Waals surface area contributed by atoms with Crippen molar-refractivity contribution in [2.45, 2.75) is 13.5 Å². The van der Waals surface area contributed by atoms with Crippen molar-refractivity contribution in [3.63, 3.8) is 0 Å². The molecule has 3 aromatic rings. The lowest BCUT2D eigenvalue weighted by molar-refractivity contribution is -0.123. The van der Waals surface area contributed by atoms with Crippen LogP contribution in [0.15, 0.2) is 65.5 Å². The highest BCUT2D eigenvalue weighted by molar-refractivity contribution is 5.70. The molecule has 0 spiro atoms. The summed E-state index contributed by atoms with van der Waals surface area (Å²) in [5.41, 5.74) is 18.1. The lowest BCUT2D eigenvalue weighted by atomic mass is 10.1. The molecule has 1 aromatic heterocycles. The Labute approximate surface area is 169 Å². The number of primary amides is 1. The van der Waals surface area contributed by atoms with E-state index in [0.29, 0.717) is 23.7 Å². The number of ether oxygens (including phenoxy) is 1. The molecule has 0 fully saturated rings. The van der Waals surface area contributed by atoms with Crippen LogP contribution in [0.4, 0.5) is 5.69 Å². The molecule has 9 nitrogen and oxygen atoms in total. The number of benzene rings is 2. The normalized spacial score (nSPS) is 8.66. The number of nitrogens with zero attached hydrogens (tertiary/aromatic N) is 1. The number of oxazole rings is 1. The Hall–Kier alpha value is -3.85. The third kappa shape index (κ3) is 11.5. The number of nitrogens with two attached hydrogens (primary N) is 3. The number of anilines is 1. The quantitative estimate of drug-likeness (QED) is 0.382. The first-order chi connectivity index (χ1) is 13.9. The van der Waals surface area contributed by atoms with Gasteiger partial charge in [0.15, 0.2) is 12.2 Å². The van der Waals surface area contributed by atoms with Crippen LogP contribution in [0, 0.1) is 0 Å². The van der Waals surface area contributed by atoms with Gasteiger partial charge in [0.1, 0.15) is 5.75 Å². The number of carboxylic acid groups (broad SMARTS) is 1. The smallest absolute Gasteiger partial charge is 0.290 e. The summed E-state index contributed by atoms with van der Waals surface area (Å²) in [6.45, 7) is 1.70. The van der Waals surface area contributed by atoms with E-state index in [1.165, 1.54) is 18.9 Å². The van der Waals surface area contributed by atoms with E-state index < -0.39 is 0 Å². The molecule has 0 aliphatic heterocycles. The van der Waals surface area contributed by atoms with Gasteiger partial charge in [-0.25, -0.2) is 4.98 Å². The number of hydrogen-bond donors (Lipinski definition) is 4. The van der Waals surface area contributed by atoms with Gasteiger partial charge in [-0.2, -0.15) is 0 Å². The van der Waals surface area contributed by atoms with Crippen molar-refractivity contribution in [2.24, 2.45) is 11.5 Å². The molecule has 0 radical (unpaired) electrons. The SMILES string of the molecule is CC(N)=O.COc1cc(N)ccc1-c1cnco1.NCc1ccccc1.O=CO. The maximum atomic E-state index is 9.22. The second-order valence-corrected chi connectivity index (χ2v) is 5.23. The molecule has 9 heteroatoms. The highest BCUT2D eigenvalue weighted by Crippen LogP contribution is 2.31. The molecule has 0 saturated heterocycles. The number of carbonyl (C=O) groups excluding carboxylic acids is 1. The second-order valence-electron chi connectivity index (χ2n) is 5.23. The molecule has 0 unspecified atom stereocenters. The number of nitrogen functional groups attached to an aromatic ring is 1. The molecule has 29 heavy (non-hydrogen) atoms. The van der Waals surface area contributed by atoms with Crippen LogP contribution in [-0.2, 0) is 16.1 Å². The molecular weight excluding hydrogens is 376 g/mol. The van der Waals surface area contributed by atoms with Crippen LogP contribution in [0.3, 0.4) is 0 Å². The highest BCUT2D eigenvalue weighted by atomic mass is 16.5. The minimum Gasteiger partial charge on any atom is -0.496 e.